The van der Waals surface area contributed by atoms with Crippen LogP contribution in [-0.4, -0.2) is 27.9 Å². The van der Waals surface area contributed by atoms with Crippen LogP contribution in [0.3, 0.4) is 0 Å². The molecule has 0 N–H and O–H groups in total. The maximum absolute atomic E-state index is 13.1. The summed E-state index contributed by atoms with van der Waals surface area (Å²) in [5.74, 6) is -0.573. The summed E-state index contributed by atoms with van der Waals surface area (Å²) in [5, 5.41) is 0.613. The molecule has 1 fully saturated rings. The average molecular weight is 382 g/mol. The van der Waals surface area contributed by atoms with Crippen molar-refractivity contribution in [1.29, 1.82) is 0 Å². The highest BCUT2D eigenvalue weighted by molar-refractivity contribution is 6.31. The molecule has 6 heteroatoms. The highest BCUT2D eigenvalue weighted by Crippen LogP contribution is 2.30. The van der Waals surface area contributed by atoms with Gasteiger partial charge in [-0.25, -0.2) is 4.98 Å². The fourth-order valence-electron chi connectivity index (χ4n) is 3.51. The first-order chi connectivity index (χ1) is 12.8. The fourth-order valence-corrected chi connectivity index (χ4v) is 3.68. The smallest absolute Gasteiger partial charge is 0.237 e. The lowest BCUT2D eigenvalue weighted by Gasteiger charge is -2.17. The summed E-state index contributed by atoms with van der Waals surface area (Å²) in [4.78, 5) is 31.6. The van der Waals surface area contributed by atoms with Gasteiger partial charge in [-0.2, -0.15) is 0 Å². The van der Waals surface area contributed by atoms with Crippen LogP contribution in [0.1, 0.15) is 27.9 Å². The third-order valence-electron chi connectivity index (χ3n) is 5.34. The molecule has 1 aliphatic heterocycles. The molecule has 2 heterocycles. The first kappa shape index (κ1) is 17.7. The van der Waals surface area contributed by atoms with E-state index in [-0.39, 0.29) is 18.2 Å². The van der Waals surface area contributed by atoms with Crippen LogP contribution >= 0.6 is 11.6 Å². The van der Waals surface area contributed by atoms with Gasteiger partial charge in [0.15, 0.2) is 0 Å². The van der Waals surface area contributed by atoms with Gasteiger partial charge in [-0.05, 0) is 61.7 Å². The van der Waals surface area contributed by atoms with Gasteiger partial charge in [0.2, 0.25) is 11.8 Å². The number of halogens is 1. The molecule has 1 aliphatic rings. The largest absolute Gasteiger partial charge is 0.312 e. The summed E-state index contributed by atoms with van der Waals surface area (Å²) in [6.45, 7) is 6.30. The lowest BCUT2D eigenvalue weighted by atomic mass is 10.1. The maximum Gasteiger partial charge on any atom is 0.237 e. The molecular weight excluding hydrogens is 362 g/mol. The predicted molar refractivity (Wildman–Crippen MR) is 106 cm³/mol. The minimum absolute atomic E-state index is 0.0651. The second-order valence-corrected chi connectivity index (χ2v) is 7.62. The Kier molecular flexibility index (Phi) is 4.27. The summed E-state index contributed by atoms with van der Waals surface area (Å²) in [7, 11) is 0. The highest BCUT2D eigenvalue weighted by atomic mass is 35.5. The summed E-state index contributed by atoms with van der Waals surface area (Å²) < 4.78 is 1.57. The van der Waals surface area contributed by atoms with E-state index >= 15 is 0 Å². The number of fused-ring (bicyclic) bond motifs is 1. The SMILES string of the molecule is Cc1cc2ncn(C(=O)[C@@H]3CC(=O)N(c4ccc(C)c(Cl)c4)C3)c2cc1C. The van der Waals surface area contributed by atoms with Gasteiger partial charge in [0, 0.05) is 23.7 Å². The number of carbonyl (C=O) groups excluding carboxylic acids is 2. The number of imidazole rings is 1. The normalized spacial score (nSPS) is 17.1. The van der Waals surface area contributed by atoms with Crippen LogP contribution in [0, 0.1) is 26.7 Å². The van der Waals surface area contributed by atoms with Crippen molar-refractivity contribution in [3.8, 4) is 0 Å². The number of rotatable bonds is 2. The minimum Gasteiger partial charge on any atom is -0.312 e. The van der Waals surface area contributed by atoms with Crippen molar-refractivity contribution in [2.45, 2.75) is 27.2 Å². The summed E-state index contributed by atoms with van der Waals surface area (Å²) in [6, 6.07) is 9.48. The van der Waals surface area contributed by atoms with E-state index in [4.69, 9.17) is 11.6 Å². The van der Waals surface area contributed by atoms with E-state index in [9.17, 15) is 9.59 Å². The van der Waals surface area contributed by atoms with Crippen molar-refractivity contribution < 1.29 is 9.59 Å². The van der Waals surface area contributed by atoms with Crippen molar-refractivity contribution in [3.63, 3.8) is 0 Å². The van der Waals surface area contributed by atoms with Crippen LogP contribution in [0.25, 0.3) is 11.0 Å². The lowest BCUT2D eigenvalue weighted by Crippen LogP contribution is -2.27. The zero-order chi connectivity index (χ0) is 19.3. The number of anilines is 1. The van der Waals surface area contributed by atoms with Crippen molar-refractivity contribution in [1.82, 2.24) is 9.55 Å². The van der Waals surface area contributed by atoms with Crippen molar-refractivity contribution in [2.75, 3.05) is 11.4 Å². The zero-order valence-corrected chi connectivity index (χ0v) is 16.2. The first-order valence-electron chi connectivity index (χ1n) is 8.90. The van der Waals surface area contributed by atoms with E-state index in [1.165, 1.54) is 0 Å². The summed E-state index contributed by atoms with van der Waals surface area (Å²) in [6.07, 6.45) is 1.75. The van der Waals surface area contributed by atoms with E-state index in [0.29, 0.717) is 11.6 Å². The van der Waals surface area contributed by atoms with Crippen molar-refractivity contribution >= 4 is 40.1 Å². The van der Waals surface area contributed by atoms with Crippen molar-refractivity contribution in [3.05, 3.63) is 58.4 Å². The molecule has 0 spiro atoms. The molecule has 4 rings (SSSR count). The molecular formula is C21H20ClN3O2. The van der Waals surface area contributed by atoms with Crippen LogP contribution in [-0.2, 0) is 4.79 Å². The molecule has 1 saturated heterocycles. The molecule has 0 bridgehead atoms. The maximum atomic E-state index is 13.1. The van der Waals surface area contributed by atoms with Crippen LogP contribution in [0.2, 0.25) is 5.02 Å². The number of nitrogens with zero attached hydrogens (tertiary/aromatic N) is 3. The minimum atomic E-state index is -0.406. The molecule has 5 nitrogen and oxygen atoms in total. The van der Waals surface area contributed by atoms with Gasteiger partial charge in [-0.15, -0.1) is 0 Å². The van der Waals surface area contributed by atoms with Gasteiger partial charge < -0.3 is 4.90 Å². The van der Waals surface area contributed by atoms with Gasteiger partial charge >= 0.3 is 0 Å². The van der Waals surface area contributed by atoms with Crippen LogP contribution < -0.4 is 4.90 Å². The Hall–Kier alpha value is -2.66. The summed E-state index contributed by atoms with van der Waals surface area (Å²) in [5.41, 5.74) is 5.50. The van der Waals surface area contributed by atoms with Crippen molar-refractivity contribution in [2.24, 2.45) is 5.92 Å². The Morgan fingerprint density at radius 3 is 2.59 bits per heavy atom. The molecule has 0 aliphatic carbocycles. The molecule has 0 unspecified atom stereocenters. The molecule has 3 aromatic rings. The molecule has 1 atom stereocenters. The van der Waals surface area contributed by atoms with E-state index in [1.807, 2.05) is 45.0 Å². The van der Waals surface area contributed by atoms with Crippen LogP contribution in [0.5, 0.6) is 0 Å². The van der Waals surface area contributed by atoms with E-state index in [2.05, 4.69) is 4.98 Å². The monoisotopic (exact) mass is 381 g/mol. The second-order valence-electron chi connectivity index (χ2n) is 7.22. The van der Waals surface area contributed by atoms with Crippen LogP contribution in [0.4, 0.5) is 5.69 Å². The Morgan fingerprint density at radius 2 is 1.85 bits per heavy atom. The number of carbonyl (C=O) groups is 2. The van der Waals surface area contributed by atoms with Gasteiger partial charge in [-0.3, -0.25) is 14.2 Å². The number of hydrogen-bond donors (Lipinski definition) is 0. The van der Waals surface area contributed by atoms with E-state index < -0.39 is 5.92 Å². The predicted octanol–water partition coefficient (Wildman–Crippen LogP) is 4.31. The molecule has 0 saturated carbocycles. The Morgan fingerprint density at radius 1 is 1.11 bits per heavy atom. The number of benzene rings is 2. The average Bonchev–Trinajstić information content (AvgIpc) is 3.21. The standard InChI is InChI=1S/C21H20ClN3O2/c1-12-4-5-16(9-17(12)22)24-10-15(8-20(24)26)21(27)25-11-23-18-6-13(2)14(3)7-19(18)25/h4-7,9,11,15H,8,10H2,1-3H3/t15-/m1/s1. The molecule has 1 amide bonds. The number of aryl methyl sites for hydroxylation is 3. The Labute approximate surface area is 162 Å². The number of hydrogen-bond acceptors (Lipinski definition) is 3. The highest BCUT2D eigenvalue weighted by Gasteiger charge is 2.36. The topological polar surface area (TPSA) is 55.2 Å². The zero-order valence-electron chi connectivity index (χ0n) is 15.5. The van der Waals surface area contributed by atoms with Crippen LogP contribution in [0.15, 0.2) is 36.7 Å². The Balaban J connectivity index is 1.63. The quantitative estimate of drug-likeness (QED) is 0.664. The lowest BCUT2D eigenvalue weighted by molar-refractivity contribution is -0.117. The third kappa shape index (κ3) is 3.02. The fraction of sp³-hybridized carbons (Fsp3) is 0.286. The summed E-state index contributed by atoms with van der Waals surface area (Å²) >= 11 is 6.20. The Bertz CT molecular complexity index is 1090. The number of aromatic nitrogens is 2. The van der Waals surface area contributed by atoms with E-state index in [1.54, 1.807) is 21.9 Å². The molecule has 0 radical (unpaired) electrons. The van der Waals surface area contributed by atoms with Gasteiger partial charge in [-0.1, -0.05) is 17.7 Å². The molecule has 138 valence electrons. The van der Waals surface area contributed by atoms with Gasteiger partial charge in [0.25, 0.3) is 0 Å². The number of amides is 1. The van der Waals surface area contributed by atoms with E-state index in [0.717, 1.165) is 33.4 Å². The third-order valence-corrected chi connectivity index (χ3v) is 5.75. The molecule has 27 heavy (non-hydrogen) atoms. The molecule has 1 aromatic heterocycles. The van der Waals surface area contributed by atoms with Gasteiger partial charge in [0.1, 0.15) is 6.33 Å². The second kappa shape index (κ2) is 6.50. The molecule has 2 aromatic carbocycles. The van der Waals surface area contributed by atoms with Gasteiger partial charge in [0.05, 0.1) is 17.0 Å². The first-order valence-corrected chi connectivity index (χ1v) is 9.28.